The Balaban J connectivity index is 1.96. The van der Waals surface area contributed by atoms with Crippen LogP contribution >= 0.6 is 0 Å². The van der Waals surface area contributed by atoms with E-state index in [4.69, 9.17) is 4.74 Å². The number of halogens is 2. The van der Waals surface area contributed by atoms with Gasteiger partial charge in [-0.15, -0.1) is 0 Å². The number of benzene rings is 1. The molecule has 1 unspecified atom stereocenters. The second-order valence-corrected chi connectivity index (χ2v) is 5.54. The lowest BCUT2D eigenvalue weighted by molar-refractivity contribution is -0.0881. The predicted octanol–water partition coefficient (Wildman–Crippen LogP) is 1.14. The van der Waals surface area contributed by atoms with Gasteiger partial charge in [-0.1, -0.05) is 0 Å². The fourth-order valence-electron chi connectivity index (χ4n) is 3.01. The molecule has 5 heteroatoms. The van der Waals surface area contributed by atoms with Crippen molar-refractivity contribution < 1.29 is 13.5 Å². The standard InChI is InChI=1S/C14H18F2N2O/c1-18-5-4-17-13(7-18)14(8-19-9-14)11-6-10(15)2-3-12(11)16/h2-3,6,13,17H,4-5,7-9H2,1H3. The largest absolute Gasteiger partial charge is 0.379 e. The summed E-state index contributed by atoms with van der Waals surface area (Å²) in [4.78, 5) is 2.21. The average molecular weight is 268 g/mol. The Kier molecular flexibility index (Phi) is 3.28. The lowest BCUT2D eigenvalue weighted by Gasteiger charge is -2.50. The predicted molar refractivity (Wildman–Crippen MR) is 68.1 cm³/mol. The third kappa shape index (κ3) is 2.16. The van der Waals surface area contributed by atoms with Gasteiger partial charge in [-0.2, -0.15) is 0 Å². The second kappa shape index (κ2) is 4.81. The molecule has 2 heterocycles. The van der Waals surface area contributed by atoms with E-state index in [9.17, 15) is 8.78 Å². The van der Waals surface area contributed by atoms with Crippen LogP contribution in [0.5, 0.6) is 0 Å². The molecule has 2 saturated heterocycles. The molecule has 0 radical (unpaired) electrons. The van der Waals surface area contributed by atoms with Gasteiger partial charge in [0, 0.05) is 31.2 Å². The number of hydrogen-bond acceptors (Lipinski definition) is 3. The van der Waals surface area contributed by atoms with E-state index < -0.39 is 11.2 Å². The van der Waals surface area contributed by atoms with E-state index in [1.165, 1.54) is 12.1 Å². The lowest BCUT2D eigenvalue weighted by atomic mass is 9.71. The van der Waals surface area contributed by atoms with Crippen molar-refractivity contribution in [3.05, 3.63) is 35.4 Å². The number of nitrogens with one attached hydrogen (secondary N) is 1. The number of nitrogens with zero attached hydrogens (tertiary/aromatic N) is 1. The zero-order valence-corrected chi connectivity index (χ0v) is 11.0. The summed E-state index contributed by atoms with van der Waals surface area (Å²) in [5.41, 5.74) is -0.00697. The van der Waals surface area contributed by atoms with Crippen LogP contribution in [0, 0.1) is 11.6 Å². The molecule has 3 rings (SSSR count). The molecule has 2 aliphatic heterocycles. The first-order chi connectivity index (χ1) is 9.12. The van der Waals surface area contributed by atoms with Gasteiger partial charge in [0.1, 0.15) is 11.6 Å². The van der Waals surface area contributed by atoms with E-state index in [1.807, 2.05) is 7.05 Å². The minimum atomic E-state index is -0.444. The molecular formula is C14H18F2N2O. The molecule has 19 heavy (non-hydrogen) atoms. The number of ether oxygens (including phenoxy) is 1. The molecule has 1 aromatic carbocycles. The Morgan fingerprint density at radius 2 is 2.16 bits per heavy atom. The molecule has 0 amide bonds. The number of rotatable bonds is 2. The van der Waals surface area contributed by atoms with Crippen molar-refractivity contribution in [3.8, 4) is 0 Å². The molecular weight excluding hydrogens is 250 g/mol. The third-order valence-electron chi connectivity index (χ3n) is 4.23. The van der Waals surface area contributed by atoms with Crippen molar-refractivity contribution in [2.75, 3.05) is 39.9 Å². The molecule has 0 bridgehead atoms. The fourth-order valence-corrected chi connectivity index (χ4v) is 3.01. The van der Waals surface area contributed by atoms with Gasteiger partial charge in [0.25, 0.3) is 0 Å². The Labute approximate surface area is 111 Å². The quantitative estimate of drug-likeness (QED) is 0.870. The number of hydrogen-bond donors (Lipinski definition) is 1. The summed E-state index contributed by atoms with van der Waals surface area (Å²) in [5.74, 6) is -0.744. The topological polar surface area (TPSA) is 24.5 Å². The van der Waals surface area contributed by atoms with E-state index in [1.54, 1.807) is 0 Å². The zero-order chi connectivity index (χ0) is 13.5. The van der Waals surface area contributed by atoms with E-state index in [-0.39, 0.29) is 11.9 Å². The maximum Gasteiger partial charge on any atom is 0.127 e. The van der Waals surface area contributed by atoms with E-state index in [2.05, 4.69) is 10.2 Å². The number of piperazine rings is 1. The smallest absolute Gasteiger partial charge is 0.127 e. The second-order valence-electron chi connectivity index (χ2n) is 5.54. The van der Waals surface area contributed by atoms with Crippen LogP contribution in [-0.2, 0) is 10.2 Å². The van der Waals surface area contributed by atoms with Crippen molar-refractivity contribution in [3.63, 3.8) is 0 Å². The SMILES string of the molecule is CN1CCNC(C2(c3cc(F)ccc3F)COC2)C1. The van der Waals surface area contributed by atoms with Crippen LogP contribution in [0.15, 0.2) is 18.2 Å². The zero-order valence-electron chi connectivity index (χ0n) is 11.0. The third-order valence-corrected chi connectivity index (χ3v) is 4.23. The molecule has 0 saturated carbocycles. The monoisotopic (exact) mass is 268 g/mol. The van der Waals surface area contributed by atoms with Gasteiger partial charge in [0.15, 0.2) is 0 Å². The van der Waals surface area contributed by atoms with Gasteiger partial charge in [-0.3, -0.25) is 0 Å². The van der Waals surface area contributed by atoms with Crippen LogP contribution in [0.25, 0.3) is 0 Å². The Morgan fingerprint density at radius 1 is 1.37 bits per heavy atom. The summed E-state index contributed by atoms with van der Waals surface area (Å²) in [7, 11) is 2.04. The normalized spacial score (nSPS) is 27.0. The molecule has 104 valence electrons. The average Bonchev–Trinajstić information content (AvgIpc) is 2.32. The molecule has 1 N–H and O–H groups in total. The molecule has 0 aliphatic carbocycles. The highest BCUT2D eigenvalue weighted by atomic mass is 19.1. The van der Waals surface area contributed by atoms with Crippen LogP contribution in [0.1, 0.15) is 5.56 Å². The highest BCUT2D eigenvalue weighted by molar-refractivity contribution is 5.33. The molecule has 0 aromatic heterocycles. The van der Waals surface area contributed by atoms with E-state index >= 15 is 0 Å². The van der Waals surface area contributed by atoms with Crippen LogP contribution in [0.4, 0.5) is 8.78 Å². The van der Waals surface area contributed by atoms with E-state index in [0.29, 0.717) is 18.8 Å². The molecule has 1 aromatic rings. The fraction of sp³-hybridized carbons (Fsp3) is 0.571. The van der Waals surface area contributed by atoms with Crippen LogP contribution < -0.4 is 5.32 Å². The van der Waals surface area contributed by atoms with Gasteiger partial charge < -0.3 is 15.0 Å². The highest BCUT2D eigenvalue weighted by Crippen LogP contribution is 2.38. The van der Waals surface area contributed by atoms with Crippen molar-refractivity contribution in [1.82, 2.24) is 10.2 Å². The summed E-state index contributed by atoms with van der Waals surface area (Å²) >= 11 is 0. The molecule has 0 spiro atoms. The van der Waals surface area contributed by atoms with Gasteiger partial charge >= 0.3 is 0 Å². The minimum absolute atomic E-state index is 0.0938. The minimum Gasteiger partial charge on any atom is -0.379 e. The van der Waals surface area contributed by atoms with Crippen molar-refractivity contribution in [2.45, 2.75) is 11.5 Å². The number of likely N-dealkylation sites (N-methyl/N-ethyl adjacent to an activating group) is 1. The van der Waals surface area contributed by atoms with Crippen LogP contribution in [-0.4, -0.2) is 50.8 Å². The van der Waals surface area contributed by atoms with Crippen LogP contribution in [0.3, 0.4) is 0 Å². The maximum absolute atomic E-state index is 14.1. The van der Waals surface area contributed by atoms with Crippen molar-refractivity contribution in [2.24, 2.45) is 0 Å². The molecule has 2 fully saturated rings. The summed E-state index contributed by atoms with van der Waals surface area (Å²) < 4.78 is 32.8. The molecule has 2 aliphatic rings. The first-order valence-corrected chi connectivity index (χ1v) is 6.57. The first-order valence-electron chi connectivity index (χ1n) is 6.57. The maximum atomic E-state index is 14.1. The van der Waals surface area contributed by atoms with Gasteiger partial charge in [0.05, 0.1) is 18.6 Å². The summed E-state index contributed by atoms with van der Waals surface area (Å²) in [6.45, 7) is 3.54. The highest BCUT2D eigenvalue weighted by Gasteiger charge is 2.49. The first kappa shape index (κ1) is 13.0. The Bertz CT molecular complexity index is 477. The van der Waals surface area contributed by atoms with Gasteiger partial charge in [-0.25, -0.2) is 8.78 Å². The van der Waals surface area contributed by atoms with Crippen LogP contribution in [0.2, 0.25) is 0 Å². The summed E-state index contributed by atoms with van der Waals surface area (Å²) in [6, 6.07) is 3.77. The lowest BCUT2D eigenvalue weighted by Crippen LogP contribution is -2.66. The molecule has 3 nitrogen and oxygen atoms in total. The summed E-state index contributed by atoms with van der Waals surface area (Å²) in [5, 5.41) is 3.43. The van der Waals surface area contributed by atoms with Crippen molar-refractivity contribution in [1.29, 1.82) is 0 Å². The Hall–Kier alpha value is -1.04. The van der Waals surface area contributed by atoms with Gasteiger partial charge in [-0.05, 0) is 25.2 Å². The van der Waals surface area contributed by atoms with Gasteiger partial charge in [0.2, 0.25) is 0 Å². The Morgan fingerprint density at radius 3 is 2.79 bits per heavy atom. The summed E-state index contributed by atoms with van der Waals surface area (Å²) in [6.07, 6.45) is 0. The van der Waals surface area contributed by atoms with Crippen molar-refractivity contribution >= 4 is 0 Å². The molecule has 1 atom stereocenters. The van der Waals surface area contributed by atoms with E-state index in [0.717, 1.165) is 25.7 Å².